The van der Waals surface area contributed by atoms with E-state index in [1.807, 2.05) is 0 Å². The van der Waals surface area contributed by atoms with Gasteiger partial charge in [0, 0.05) is 43.7 Å². The van der Waals surface area contributed by atoms with Crippen LogP contribution < -0.4 is 4.90 Å². The molecule has 5 rings (SSSR count). The lowest BCUT2D eigenvalue weighted by atomic mass is 10.0. The van der Waals surface area contributed by atoms with Crippen molar-refractivity contribution in [3.8, 4) is 11.1 Å². The number of aromatic nitrogens is 2. The van der Waals surface area contributed by atoms with E-state index in [2.05, 4.69) is 52.4 Å². The van der Waals surface area contributed by atoms with Gasteiger partial charge in [-0.1, -0.05) is 30.3 Å². The Hall–Kier alpha value is -2.06. The Morgan fingerprint density at radius 3 is 2.77 bits per heavy atom. The van der Waals surface area contributed by atoms with Crippen molar-refractivity contribution in [2.45, 2.75) is 32.4 Å². The lowest BCUT2D eigenvalue weighted by Gasteiger charge is -2.34. The molecule has 4 heterocycles. The lowest BCUT2D eigenvalue weighted by Crippen LogP contribution is -2.40. The molecule has 0 bridgehead atoms. The molecule has 1 unspecified atom stereocenters. The Kier molecular flexibility index (Phi) is 6.45. The fourth-order valence-corrected chi connectivity index (χ4v) is 5.52. The van der Waals surface area contributed by atoms with E-state index in [0.29, 0.717) is 0 Å². The van der Waals surface area contributed by atoms with Crippen LogP contribution in [0.5, 0.6) is 0 Å². The summed E-state index contributed by atoms with van der Waals surface area (Å²) in [6, 6.07) is 10.6. The number of thiophene rings is 1. The number of anilines is 1. The second-order valence-electron chi connectivity index (χ2n) is 8.21. The van der Waals surface area contributed by atoms with Crippen LogP contribution in [-0.4, -0.2) is 67.0 Å². The first-order valence-electron chi connectivity index (χ1n) is 11.3. The van der Waals surface area contributed by atoms with Gasteiger partial charge in [-0.3, -0.25) is 4.90 Å². The molecule has 0 spiro atoms. The fraction of sp³-hybridized carbons (Fsp3) is 0.500. The number of fused-ring (bicyclic) bond motifs is 1. The standard InChI is InChI=1S/C24H30N4O2S/c1-2-30-19-9-6-10-28(15-19)23-22-20(18-7-4-3-5-8-18)17-31-24(22)26-21(25-23)16-27-11-13-29-14-12-27/h3-5,7-8,17,19H,2,6,9-16H2,1H3. The average molecular weight is 439 g/mol. The first-order valence-corrected chi connectivity index (χ1v) is 12.2. The fourth-order valence-electron chi connectivity index (χ4n) is 4.56. The van der Waals surface area contributed by atoms with Gasteiger partial charge in [0.05, 0.1) is 31.2 Å². The van der Waals surface area contributed by atoms with Crippen molar-refractivity contribution in [1.82, 2.24) is 14.9 Å². The van der Waals surface area contributed by atoms with Gasteiger partial charge in [-0.15, -0.1) is 11.3 Å². The molecule has 0 saturated carbocycles. The minimum Gasteiger partial charge on any atom is -0.379 e. The zero-order chi connectivity index (χ0) is 21.0. The average Bonchev–Trinajstić information content (AvgIpc) is 3.24. The van der Waals surface area contributed by atoms with Crippen molar-refractivity contribution < 1.29 is 9.47 Å². The summed E-state index contributed by atoms with van der Waals surface area (Å²) in [7, 11) is 0. The van der Waals surface area contributed by atoms with Gasteiger partial charge in [-0.25, -0.2) is 9.97 Å². The van der Waals surface area contributed by atoms with Crippen LogP contribution >= 0.6 is 11.3 Å². The number of hydrogen-bond donors (Lipinski definition) is 0. The van der Waals surface area contributed by atoms with Crippen molar-refractivity contribution in [3.05, 3.63) is 41.5 Å². The van der Waals surface area contributed by atoms with Crippen LogP contribution in [0.2, 0.25) is 0 Å². The summed E-state index contributed by atoms with van der Waals surface area (Å²) in [6.45, 7) is 8.95. The molecule has 31 heavy (non-hydrogen) atoms. The summed E-state index contributed by atoms with van der Waals surface area (Å²) in [6.07, 6.45) is 2.51. The molecule has 1 atom stereocenters. The zero-order valence-electron chi connectivity index (χ0n) is 18.1. The summed E-state index contributed by atoms with van der Waals surface area (Å²) >= 11 is 1.72. The van der Waals surface area contributed by atoms with Crippen molar-refractivity contribution in [1.29, 1.82) is 0 Å². The molecular formula is C24H30N4O2S. The van der Waals surface area contributed by atoms with Gasteiger partial charge >= 0.3 is 0 Å². The number of hydrogen-bond acceptors (Lipinski definition) is 7. The second-order valence-corrected chi connectivity index (χ2v) is 9.07. The summed E-state index contributed by atoms with van der Waals surface area (Å²) in [5.41, 5.74) is 2.45. The molecule has 2 fully saturated rings. The SMILES string of the molecule is CCOC1CCCN(c2nc(CN3CCOCC3)nc3scc(-c4ccccc4)c23)C1. The monoisotopic (exact) mass is 438 g/mol. The van der Waals surface area contributed by atoms with Crippen LogP contribution in [0.1, 0.15) is 25.6 Å². The highest BCUT2D eigenvalue weighted by Gasteiger charge is 2.26. The normalized spacial score (nSPS) is 20.4. The van der Waals surface area contributed by atoms with E-state index in [4.69, 9.17) is 19.4 Å². The Labute approximate surface area is 187 Å². The molecule has 164 valence electrons. The Bertz CT molecular complexity index is 1000. The number of ether oxygens (including phenoxy) is 2. The number of morpholine rings is 1. The molecule has 0 radical (unpaired) electrons. The van der Waals surface area contributed by atoms with Crippen LogP contribution in [0.25, 0.3) is 21.3 Å². The van der Waals surface area contributed by atoms with Gasteiger partial charge in [0.1, 0.15) is 16.5 Å². The summed E-state index contributed by atoms with van der Waals surface area (Å²) in [5.74, 6) is 1.97. The Morgan fingerprint density at radius 2 is 1.97 bits per heavy atom. The third kappa shape index (κ3) is 4.60. The van der Waals surface area contributed by atoms with Gasteiger partial charge in [0.15, 0.2) is 0 Å². The minimum atomic E-state index is 0.269. The summed E-state index contributed by atoms with van der Waals surface area (Å²) in [5, 5.41) is 3.42. The van der Waals surface area contributed by atoms with Crippen LogP contribution in [0.3, 0.4) is 0 Å². The van der Waals surface area contributed by atoms with Crippen molar-refractivity contribution in [2.75, 3.05) is 50.9 Å². The number of rotatable bonds is 6. The molecule has 0 aliphatic carbocycles. The molecule has 7 heteroatoms. The maximum Gasteiger partial charge on any atom is 0.146 e. The maximum absolute atomic E-state index is 5.99. The third-order valence-electron chi connectivity index (χ3n) is 6.09. The quantitative estimate of drug-likeness (QED) is 0.575. The first kappa shape index (κ1) is 20.8. The van der Waals surface area contributed by atoms with E-state index < -0.39 is 0 Å². The summed E-state index contributed by atoms with van der Waals surface area (Å²) < 4.78 is 11.5. The van der Waals surface area contributed by atoms with Gasteiger partial charge in [-0.05, 0) is 25.3 Å². The largest absolute Gasteiger partial charge is 0.379 e. The highest BCUT2D eigenvalue weighted by molar-refractivity contribution is 7.17. The molecule has 6 nitrogen and oxygen atoms in total. The van der Waals surface area contributed by atoms with Crippen LogP contribution in [0, 0.1) is 0 Å². The Morgan fingerprint density at radius 1 is 1.13 bits per heavy atom. The molecule has 2 saturated heterocycles. The van der Waals surface area contributed by atoms with Gasteiger partial charge in [-0.2, -0.15) is 0 Å². The molecule has 2 aliphatic heterocycles. The third-order valence-corrected chi connectivity index (χ3v) is 6.97. The highest BCUT2D eigenvalue weighted by Crippen LogP contribution is 2.39. The predicted molar refractivity (Wildman–Crippen MR) is 126 cm³/mol. The molecule has 2 aliphatic rings. The highest BCUT2D eigenvalue weighted by atomic mass is 32.1. The van der Waals surface area contributed by atoms with Crippen molar-refractivity contribution >= 4 is 27.4 Å². The summed E-state index contributed by atoms with van der Waals surface area (Å²) in [4.78, 5) is 16.0. The lowest BCUT2D eigenvalue weighted by molar-refractivity contribution is 0.0331. The van der Waals surface area contributed by atoms with Gasteiger partial charge in [0.25, 0.3) is 0 Å². The number of piperidine rings is 1. The van der Waals surface area contributed by atoms with Crippen LogP contribution in [-0.2, 0) is 16.0 Å². The molecule has 0 amide bonds. The Balaban J connectivity index is 1.55. The zero-order valence-corrected chi connectivity index (χ0v) is 18.9. The van der Waals surface area contributed by atoms with E-state index in [1.165, 1.54) is 16.5 Å². The van der Waals surface area contributed by atoms with Crippen LogP contribution in [0.4, 0.5) is 5.82 Å². The van der Waals surface area contributed by atoms with Crippen molar-refractivity contribution in [3.63, 3.8) is 0 Å². The smallest absolute Gasteiger partial charge is 0.146 e. The van der Waals surface area contributed by atoms with E-state index >= 15 is 0 Å². The second kappa shape index (κ2) is 9.61. The van der Waals surface area contributed by atoms with E-state index in [-0.39, 0.29) is 6.10 Å². The van der Waals surface area contributed by atoms with E-state index in [1.54, 1.807) is 11.3 Å². The van der Waals surface area contributed by atoms with Crippen molar-refractivity contribution in [2.24, 2.45) is 0 Å². The van der Waals surface area contributed by atoms with Crippen LogP contribution in [0.15, 0.2) is 35.7 Å². The maximum atomic E-state index is 5.99. The topological polar surface area (TPSA) is 50.7 Å². The van der Waals surface area contributed by atoms with E-state index in [0.717, 1.165) is 81.9 Å². The van der Waals surface area contributed by atoms with Gasteiger partial charge < -0.3 is 14.4 Å². The number of nitrogens with zero attached hydrogens (tertiary/aromatic N) is 4. The molecule has 0 N–H and O–H groups in total. The first-order chi connectivity index (χ1) is 15.3. The van der Waals surface area contributed by atoms with E-state index in [9.17, 15) is 0 Å². The molecule has 2 aromatic heterocycles. The number of benzene rings is 1. The minimum absolute atomic E-state index is 0.269. The van der Waals surface area contributed by atoms with Gasteiger partial charge in [0.2, 0.25) is 0 Å². The predicted octanol–water partition coefficient (Wildman–Crippen LogP) is 4.20. The molecule has 3 aromatic rings. The molecule has 1 aromatic carbocycles. The molecular weight excluding hydrogens is 408 g/mol.